The van der Waals surface area contributed by atoms with Crippen LogP contribution in [0, 0.1) is 6.92 Å². The first-order valence-electron chi connectivity index (χ1n) is 10.8. The molecular formula is C24H26N4O3S. The van der Waals surface area contributed by atoms with Crippen LogP contribution in [0.1, 0.15) is 23.1 Å². The van der Waals surface area contributed by atoms with E-state index < -0.39 is 9.84 Å². The van der Waals surface area contributed by atoms with Crippen molar-refractivity contribution in [1.29, 1.82) is 0 Å². The van der Waals surface area contributed by atoms with E-state index in [0.717, 1.165) is 35.1 Å². The van der Waals surface area contributed by atoms with Crippen molar-refractivity contribution in [2.75, 3.05) is 23.8 Å². The van der Waals surface area contributed by atoms with Crippen molar-refractivity contribution in [1.82, 2.24) is 4.98 Å². The summed E-state index contributed by atoms with van der Waals surface area (Å²) in [6, 6.07) is 15.9. The molecule has 2 aliphatic rings. The fourth-order valence-electron chi connectivity index (χ4n) is 4.43. The van der Waals surface area contributed by atoms with E-state index in [0.29, 0.717) is 24.6 Å². The van der Waals surface area contributed by atoms with Crippen LogP contribution in [0.2, 0.25) is 0 Å². The Morgan fingerprint density at radius 1 is 1.19 bits per heavy atom. The topological polar surface area (TPSA) is 97.9 Å². The number of nitrogens with two attached hydrogens (primary N) is 1. The van der Waals surface area contributed by atoms with Gasteiger partial charge in [-0.2, -0.15) is 0 Å². The lowest BCUT2D eigenvalue weighted by Crippen LogP contribution is -2.26. The molecule has 3 heterocycles. The first-order valence-corrected chi connectivity index (χ1v) is 12.5. The Morgan fingerprint density at radius 2 is 2.03 bits per heavy atom. The fraction of sp³-hybridized carbons (Fsp3) is 0.333. The lowest BCUT2D eigenvalue weighted by Gasteiger charge is -2.23. The molecule has 0 amide bonds. The molecule has 2 aromatic carbocycles. The number of aryl methyl sites for hydroxylation is 2. The van der Waals surface area contributed by atoms with Gasteiger partial charge in [-0.25, -0.2) is 18.4 Å². The first-order chi connectivity index (χ1) is 15.4. The van der Waals surface area contributed by atoms with Crippen LogP contribution >= 0.6 is 0 Å². The molecule has 3 aromatic rings. The van der Waals surface area contributed by atoms with Crippen LogP contribution in [0.5, 0.6) is 0 Å². The zero-order chi connectivity index (χ0) is 22.3. The summed E-state index contributed by atoms with van der Waals surface area (Å²) in [7, 11) is -3.31. The normalized spacial score (nSPS) is 19.8. The molecule has 7 nitrogen and oxygen atoms in total. The second-order valence-electron chi connectivity index (χ2n) is 8.48. The van der Waals surface area contributed by atoms with Gasteiger partial charge in [0.2, 0.25) is 0 Å². The molecule has 1 atom stereocenters. The standard InChI is InChI=1S/C24H26N4O3S/c1-16-6-9-21-20(12-16)17(7-8-19-15-31-24(25)26-19)13-23(27-21)28-10-11-32(29,30)22-5-3-2-4-18(22)14-28/h2-6,9,12-13,19H,7-8,10-11,14-15H2,1H3,(H2,25,26). The molecule has 0 saturated heterocycles. The maximum absolute atomic E-state index is 12.8. The van der Waals surface area contributed by atoms with Crippen LogP contribution in [0.3, 0.4) is 0 Å². The van der Waals surface area contributed by atoms with E-state index in [2.05, 4.69) is 35.0 Å². The van der Waals surface area contributed by atoms with Crippen molar-refractivity contribution in [2.45, 2.75) is 37.2 Å². The number of ether oxygens (including phenoxy) is 1. The average Bonchev–Trinajstić information content (AvgIpc) is 3.14. The zero-order valence-corrected chi connectivity index (χ0v) is 18.8. The third-order valence-electron chi connectivity index (χ3n) is 6.14. The number of sulfone groups is 1. The summed E-state index contributed by atoms with van der Waals surface area (Å²) in [4.78, 5) is 11.8. The molecule has 2 N–H and O–H groups in total. The SMILES string of the molecule is Cc1ccc2nc(N3CCS(=O)(=O)c4ccccc4C3)cc(CCC3COC(N)=N3)c2c1. The van der Waals surface area contributed by atoms with Crippen LogP contribution in [-0.2, 0) is 27.5 Å². The Labute approximate surface area is 187 Å². The van der Waals surface area contributed by atoms with Gasteiger partial charge in [0.15, 0.2) is 9.84 Å². The predicted octanol–water partition coefficient (Wildman–Crippen LogP) is 2.98. The first kappa shape index (κ1) is 20.8. The van der Waals surface area contributed by atoms with E-state index in [-0.39, 0.29) is 17.8 Å². The second kappa shape index (κ2) is 8.09. The van der Waals surface area contributed by atoms with Crippen molar-refractivity contribution >= 4 is 32.6 Å². The van der Waals surface area contributed by atoms with E-state index in [4.69, 9.17) is 15.5 Å². The van der Waals surface area contributed by atoms with Gasteiger partial charge in [-0.15, -0.1) is 0 Å². The summed E-state index contributed by atoms with van der Waals surface area (Å²) in [6.45, 7) is 3.50. The van der Waals surface area contributed by atoms with Crippen LogP contribution in [0.25, 0.3) is 10.9 Å². The highest BCUT2D eigenvalue weighted by Crippen LogP contribution is 2.30. The number of hydrogen-bond acceptors (Lipinski definition) is 7. The van der Waals surface area contributed by atoms with Gasteiger partial charge in [0.25, 0.3) is 6.02 Å². The largest absolute Gasteiger partial charge is 0.463 e. The maximum Gasteiger partial charge on any atom is 0.282 e. The minimum atomic E-state index is -3.31. The lowest BCUT2D eigenvalue weighted by atomic mass is 10.00. The number of aliphatic imine (C=N–C) groups is 1. The molecule has 0 bridgehead atoms. The number of fused-ring (bicyclic) bond motifs is 2. The van der Waals surface area contributed by atoms with Crippen molar-refractivity contribution in [2.24, 2.45) is 10.7 Å². The summed E-state index contributed by atoms with van der Waals surface area (Å²) in [5.41, 5.74) is 9.74. The van der Waals surface area contributed by atoms with Gasteiger partial charge in [0.1, 0.15) is 12.4 Å². The maximum atomic E-state index is 12.8. The number of hydrogen-bond donors (Lipinski definition) is 1. The Bertz CT molecular complexity index is 1320. The van der Waals surface area contributed by atoms with Gasteiger partial charge in [-0.05, 0) is 55.2 Å². The molecule has 0 saturated carbocycles. The number of nitrogens with zero attached hydrogens (tertiary/aromatic N) is 3. The molecule has 2 aliphatic heterocycles. The van der Waals surface area contributed by atoms with E-state index in [1.165, 1.54) is 11.1 Å². The molecule has 0 spiro atoms. The van der Waals surface area contributed by atoms with E-state index in [1.54, 1.807) is 12.1 Å². The molecule has 166 valence electrons. The molecular weight excluding hydrogens is 424 g/mol. The highest BCUT2D eigenvalue weighted by Gasteiger charge is 2.26. The number of amidine groups is 1. The van der Waals surface area contributed by atoms with E-state index in [1.807, 2.05) is 18.2 Å². The van der Waals surface area contributed by atoms with E-state index in [9.17, 15) is 8.42 Å². The number of benzene rings is 2. The van der Waals surface area contributed by atoms with Gasteiger partial charge in [0.05, 0.1) is 22.2 Å². The van der Waals surface area contributed by atoms with Crippen LogP contribution < -0.4 is 10.6 Å². The van der Waals surface area contributed by atoms with E-state index >= 15 is 0 Å². The minimum Gasteiger partial charge on any atom is -0.463 e. The molecule has 1 unspecified atom stereocenters. The molecule has 5 rings (SSSR count). The van der Waals surface area contributed by atoms with Crippen LogP contribution in [0.15, 0.2) is 58.4 Å². The Hall–Kier alpha value is -3.13. The quantitative estimate of drug-likeness (QED) is 0.656. The second-order valence-corrected chi connectivity index (χ2v) is 10.6. The van der Waals surface area contributed by atoms with Crippen molar-refractivity contribution in [3.63, 3.8) is 0 Å². The third kappa shape index (κ3) is 4.02. The number of anilines is 1. The number of aromatic nitrogens is 1. The van der Waals surface area contributed by atoms with Crippen LogP contribution in [-0.4, -0.2) is 44.4 Å². The van der Waals surface area contributed by atoms with Gasteiger partial charge < -0.3 is 15.4 Å². The van der Waals surface area contributed by atoms with Gasteiger partial charge in [-0.1, -0.05) is 29.8 Å². The number of pyridine rings is 1. The summed E-state index contributed by atoms with van der Waals surface area (Å²) < 4.78 is 30.9. The monoisotopic (exact) mass is 450 g/mol. The summed E-state index contributed by atoms with van der Waals surface area (Å²) in [5, 5.41) is 1.12. The molecule has 1 aromatic heterocycles. The minimum absolute atomic E-state index is 0.0571. The third-order valence-corrected chi connectivity index (χ3v) is 7.93. The van der Waals surface area contributed by atoms with Crippen molar-refractivity contribution in [3.05, 3.63) is 65.2 Å². The summed E-state index contributed by atoms with van der Waals surface area (Å²) in [5.74, 6) is 0.870. The van der Waals surface area contributed by atoms with Gasteiger partial charge >= 0.3 is 0 Å². The highest BCUT2D eigenvalue weighted by molar-refractivity contribution is 7.91. The highest BCUT2D eigenvalue weighted by atomic mass is 32.2. The molecule has 0 fully saturated rings. The Balaban J connectivity index is 1.52. The zero-order valence-electron chi connectivity index (χ0n) is 18.0. The summed E-state index contributed by atoms with van der Waals surface area (Å²) in [6.07, 6.45) is 1.63. The van der Waals surface area contributed by atoms with Crippen molar-refractivity contribution < 1.29 is 13.2 Å². The number of rotatable bonds is 4. The van der Waals surface area contributed by atoms with Gasteiger partial charge in [0, 0.05) is 18.5 Å². The molecule has 0 aliphatic carbocycles. The molecule has 8 heteroatoms. The van der Waals surface area contributed by atoms with Gasteiger partial charge in [-0.3, -0.25) is 0 Å². The van der Waals surface area contributed by atoms with Crippen molar-refractivity contribution in [3.8, 4) is 0 Å². The summed E-state index contributed by atoms with van der Waals surface area (Å²) >= 11 is 0. The Kier molecular flexibility index (Phi) is 5.25. The smallest absolute Gasteiger partial charge is 0.282 e. The fourth-order valence-corrected chi connectivity index (χ4v) is 5.93. The average molecular weight is 451 g/mol. The molecule has 0 radical (unpaired) electrons. The predicted molar refractivity (Wildman–Crippen MR) is 126 cm³/mol. The Morgan fingerprint density at radius 3 is 2.84 bits per heavy atom. The lowest BCUT2D eigenvalue weighted by molar-refractivity contribution is 0.308. The molecule has 32 heavy (non-hydrogen) atoms. The van der Waals surface area contributed by atoms with Crippen LogP contribution in [0.4, 0.5) is 5.82 Å².